The maximum Gasteiger partial charge on any atom is 0.115 e. The van der Waals surface area contributed by atoms with Crippen LogP contribution in [0.25, 0.3) is 10.9 Å². The lowest BCUT2D eigenvalue weighted by Crippen LogP contribution is -2.28. The Balaban J connectivity index is 1.72. The average molecular weight is 318 g/mol. The van der Waals surface area contributed by atoms with Crippen LogP contribution in [-0.2, 0) is 25.9 Å². The average Bonchev–Trinajstić information content (AvgIpc) is 2.90. The molecule has 0 fully saturated rings. The van der Waals surface area contributed by atoms with Gasteiger partial charge in [-0.1, -0.05) is 11.6 Å². The van der Waals surface area contributed by atoms with Crippen LogP contribution in [0.3, 0.4) is 0 Å². The fourth-order valence-electron chi connectivity index (χ4n) is 4.61. The number of rotatable bonds is 1. The zero-order valence-corrected chi connectivity index (χ0v) is 14.3. The number of likely N-dealkylation sites (N-methyl/N-ethyl adjacent to an activating group) is 1. The van der Waals surface area contributed by atoms with Crippen molar-refractivity contribution in [3.05, 3.63) is 58.8 Å². The molecule has 0 amide bonds. The van der Waals surface area contributed by atoms with Gasteiger partial charge in [-0.05, 0) is 43.7 Å². The molecular weight excluding hydrogens is 296 g/mol. The van der Waals surface area contributed by atoms with Gasteiger partial charge in [0, 0.05) is 54.9 Å². The molecule has 0 saturated heterocycles. The standard InChI is InChI=1S/C20H22N4/c1-13-7-14-9-15(18-3-5-21-12-22-18)10-24-19-4-6-23(2)11-17(19)16(8-13)20(14)24/h3,5,7-8,12,15H,4,6,9-11H2,1-2H3. The van der Waals surface area contributed by atoms with Crippen molar-refractivity contribution >= 4 is 10.9 Å². The van der Waals surface area contributed by atoms with Crippen LogP contribution < -0.4 is 0 Å². The van der Waals surface area contributed by atoms with Crippen LogP contribution in [0.1, 0.15) is 34.0 Å². The number of aryl methyl sites for hydroxylation is 1. The maximum atomic E-state index is 4.54. The van der Waals surface area contributed by atoms with Crippen LogP contribution in [0.2, 0.25) is 0 Å². The van der Waals surface area contributed by atoms with E-state index in [1.54, 1.807) is 17.6 Å². The van der Waals surface area contributed by atoms with E-state index in [-0.39, 0.29) is 0 Å². The van der Waals surface area contributed by atoms with Crippen molar-refractivity contribution in [2.45, 2.75) is 38.8 Å². The Morgan fingerprint density at radius 3 is 3.00 bits per heavy atom. The van der Waals surface area contributed by atoms with E-state index in [2.05, 4.69) is 51.6 Å². The van der Waals surface area contributed by atoms with Gasteiger partial charge in [0.1, 0.15) is 6.33 Å². The van der Waals surface area contributed by atoms with Crippen molar-refractivity contribution in [3.8, 4) is 0 Å². The van der Waals surface area contributed by atoms with Gasteiger partial charge in [-0.3, -0.25) is 0 Å². The van der Waals surface area contributed by atoms with Gasteiger partial charge in [-0.2, -0.15) is 0 Å². The minimum absolute atomic E-state index is 0.446. The van der Waals surface area contributed by atoms with E-state index in [9.17, 15) is 0 Å². The van der Waals surface area contributed by atoms with Gasteiger partial charge in [0.2, 0.25) is 0 Å². The first-order chi connectivity index (χ1) is 11.7. The van der Waals surface area contributed by atoms with Crippen LogP contribution in [-0.4, -0.2) is 33.0 Å². The van der Waals surface area contributed by atoms with Crippen molar-refractivity contribution < 1.29 is 0 Å². The topological polar surface area (TPSA) is 34.0 Å². The Labute approximate surface area is 142 Å². The van der Waals surface area contributed by atoms with E-state index >= 15 is 0 Å². The van der Waals surface area contributed by atoms with E-state index in [1.165, 1.54) is 27.7 Å². The molecule has 1 unspecified atom stereocenters. The Hall–Kier alpha value is -2.20. The second kappa shape index (κ2) is 5.15. The number of nitrogens with zero attached hydrogens (tertiary/aromatic N) is 4. The second-order valence-corrected chi connectivity index (χ2v) is 7.38. The van der Waals surface area contributed by atoms with Crippen LogP contribution in [0.4, 0.5) is 0 Å². The van der Waals surface area contributed by atoms with E-state index < -0.39 is 0 Å². The van der Waals surface area contributed by atoms with Gasteiger partial charge in [0.25, 0.3) is 0 Å². The third-order valence-corrected chi connectivity index (χ3v) is 5.65. The molecule has 1 aromatic carbocycles. The number of benzene rings is 1. The smallest absolute Gasteiger partial charge is 0.115 e. The summed E-state index contributed by atoms with van der Waals surface area (Å²) in [5.41, 5.74) is 8.60. The van der Waals surface area contributed by atoms with Gasteiger partial charge in [-0.15, -0.1) is 0 Å². The molecule has 4 nitrogen and oxygen atoms in total. The van der Waals surface area contributed by atoms with Gasteiger partial charge in [0.05, 0.1) is 5.52 Å². The van der Waals surface area contributed by atoms with Gasteiger partial charge >= 0.3 is 0 Å². The quantitative estimate of drug-likeness (QED) is 0.691. The molecule has 4 heterocycles. The zero-order valence-electron chi connectivity index (χ0n) is 14.3. The lowest BCUT2D eigenvalue weighted by molar-refractivity contribution is 0.308. The molecule has 2 aliphatic heterocycles. The Bertz CT molecular complexity index is 926. The van der Waals surface area contributed by atoms with E-state index in [1.807, 2.05) is 6.20 Å². The first-order valence-electron chi connectivity index (χ1n) is 8.78. The monoisotopic (exact) mass is 318 g/mol. The third kappa shape index (κ3) is 2.02. The van der Waals surface area contributed by atoms with Crippen molar-refractivity contribution in [1.29, 1.82) is 0 Å². The van der Waals surface area contributed by atoms with Crippen LogP contribution in [0, 0.1) is 6.92 Å². The summed E-state index contributed by atoms with van der Waals surface area (Å²) < 4.78 is 2.60. The molecule has 0 aliphatic carbocycles. The van der Waals surface area contributed by atoms with Crippen molar-refractivity contribution in [3.63, 3.8) is 0 Å². The minimum Gasteiger partial charge on any atom is -0.343 e. The second-order valence-electron chi connectivity index (χ2n) is 7.38. The maximum absolute atomic E-state index is 4.54. The molecule has 122 valence electrons. The number of aromatic nitrogens is 3. The largest absolute Gasteiger partial charge is 0.343 e. The summed E-state index contributed by atoms with van der Waals surface area (Å²) in [6, 6.07) is 6.84. The number of hydrogen-bond donors (Lipinski definition) is 0. The summed E-state index contributed by atoms with van der Waals surface area (Å²) in [7, 11) is 2.23. The highest BCUT2D eigenvalue weighted by molar-refractivity contribution is 5.90. The molecule has 5 rings (SSSR count). The summed E-state index contributed by atoms with van der Waals surface area (Å²) in [4.78, 5) is 11.1. The number of fused-ring (bicyclic) bond motifs is 3. The van der Waals surface area contributed by atoms with E-state index in [4.69, 9.17) is 0 Å². The summed E-state index contributed by atoms with van der Waals surface area (Å²) in [6.07, 6.45) is 5.77. The first kappa shape index (κ1) is 14.2. The van der Waals surface area contributed by atoms with Gasteiger partial charge < -0.3 is 9.47 Å². The SMILES string of the molecule is Cc1cc2c3c(c1)c1c(n3CC(c3ccncn3)C2)CCN(C)C1. The van der Waals surface area contributed by atoms with Crippen LogP contribution in [0.15, 0.2) is 30.7 Å². The van der Waals surface area contributed by atoms with E-state index in [0.29, 0.717) is 5.92 Å². The Morgan fingerprint density at radius 1 is 1.25 bits per heavy atom. The molecule has 0 radical (unpaired) electrons. The summed E-state index contributed by atoms with van der Waals surface area (Å²) in [6.45, 7) is 5.48. The highest BCUT2D eigenvalue weighted by atomic mass is 15.1. The predicted molar refractivity (Wildman–Crippen MR) is 95.2 cm³/mol. The summed E-state index contributed by atoms with van der Waals surface area (Å²) in [5, 5.41) is 1.48. The molecule has 0 spiro atoms. The Kier molecular flexibility index (Phi) is 3.04. The summed E-state index contributed by atoms with van der Waals surface area (Å²) >= 11 is 0. The molecule has 3 aromatic rings. The van der Waals surface area contributed by atoms with Crippen molar-refractivity contribution in [2.75, 3.05) is 13.6 Å². The fraction of sp³-hybridized carbons (Fsp3) is 0.400. The molecule has 1 atom stereocenters. The fourth-order valence-corrected chi connectivity index (χ4v) is 4.61. The molecule has 2 aromatic heterocycles. The molecule has 24 heavy (non-hydrogen) atoms. The van der Waals surface area contributed by atoms with E-state index in [0.717, 1.165) is 32.5 Å². The zero-order chi connectivity index (χ0) is 16.3. The van der Waals surface area contributed by atoms with Crippen molar-refractivity contribution in [1.82, 2.24) is 19.4 Å². The molecule has 0 bridgehead atoms. The van der Waals surface area contributed by atoms with Gasteiger partial charge in [0.15, 0.2) is 0 Å². The van der Waals surface area contributed by atoms with Crippen LogP contribution >= 0.6 is 0 Å². The van der Waals surface area contributed by atoms with Crippen molar-refractivity contribution in [2.24, 2.45) is 0 Å². The van der Waals surface area contributed by atoms with Gasteiger partial charge in [-0.25, -0.2) is 9.97 Å². The molecule has 2 aliphatic rings. The predicted octanol–water partition coefficient (Wildman–Crippen LogP) is 3.07. The molecule has 0 saturated carbocycles. The highest BCUT2D eigenvalue weighted by Gasteiger charge is 2.30. The van der Waals surface area contributed by atoms with Crippen LogP contribution in [0.5, 0.6) is 0 Å². The first-order valence-corrected chi connectivity index (χ1v) is 8.78. The minimum atomic E-state index is 0.446. The Morgan fingerprint density at radius 2 is 2.17 bits per heavy atom. The summed E-state index contributed by atoms with van der Waals surface area (Å²) in [5.74, 6) is 0.446. The normalized spacial score (nSPS) is 20.3. The lowest BCUT2D eigenvalue weighted by Gasteiger charge is -2.28. The highest BCUT2D eigenvalue weighted by Crippen LogP contribution is 2.39. The molecular formula is C20H22N4. The molecule has 4 heteroatoms. The number of hydrogen-bond acceptors (Lipinski definition) is 3. The molecule has 0 N–H and O–H groups in total. The lowest BCUT2D eigenvalue weighted by atomic mass is 9.90. The third-order valence-electron chi connectivity index (χ3n) is 5.65.